The molecular formula is C28H31N3O5. The van der Waals surface area contributed by atoms with Crippen molar-refractivity contribution in [3.05, 3.63) is 65.5 Å². The van der Waals surface area contributed by atoms with Crippen LogP contribution < -0.4 is 4.74 Å². The van der Waals surface area contributed by atoms with Crippen LogP contribution in [0.4, 0.5) is 4.79 Å². The Kier molecular flexibility index (Phi) is 6.95. The number of nitrogens with zero attached hydrogens (tertiary/aromatic N) is 1. The molecule has 36 heavy (non-hydrogen) atoms. The van der Waals surface area contributed by atoms with Gasteiger partial charge in [-0.25, -0.2) is 9.59 Å². The monoisotopic (exact) mass is 489 g/mol. The normalized spacial score (nSPS) is 14.8. The number of nitrogens with one attached hydrogen (secondary N) is 2. The number of carbonyl (C=O) groups is 2. The Morgan fingerprint density at radius 2 is 1.69 bits per heavy atom. The van der Waals surface area contributed by atoms with E-state index in [0.29, 0.717) is 17.2 Å². The Morgan fingerprint density at radius 1 is 0.944 bits per heavy atom. The van der Waals surface area contributed by atoms with Crippen molar-refractivity contribution in [3.63, 3.8) is 0 Å². The molecule has 0 amide bonds. The molecule has 1 aliphatic heterocycles. The van der Waals surface area contributed by atoms with Crippen LogP contribution in [0.15, 0.2) is 48.8 Å². The molecule has 1 fully saturated rings. The molecule has 0 aliphatic carbocycles. The number of aromatic nitrogens is 2. The highest BCUT2D eigenvalue weighted by atomic mass is 16.7. The van der Waals surface area contributed by atoms with Gasteiger partial charge in [0.15, 0.2) is 0 Å². The topological polar surface area (TPSA) is 96.6 Å². The molecule has 0 atom stereocenters. The second kappa shape index (κ2) is 10.5. The van der Waals surface area contributed by atoms with E-state index in [-0.39, 0.29) is 5.97 Å². The molecule has 0 radical (unpaired) electrons. The van der Waals surface area contributed by atoms with Crippen LogP contribution in [0.5, 0.6) is 5.75 Å². The lowest BCUT2D eigenvalue weighted by atomic mass is 9.89. The number of esters is 1. The number of hydrogen-bond donors (Lipinski definition) is 2. The molecule has 8 nitrogen and oxygen atoms in total. The molecule has 0 spiro atoms. The molecule has 2 aromatic carbocycles. The van der Waals surface area contributed by atoms with E-state index in [2.05, 4.69) is 25.8 Å². The summed E-state index contributed by atoms with van der Waals surface area (Å²) in [4.78, 5) is 32.6. The average Bonchev–Trinajstić information content (AvgIpc) is 3.52. The Balaban J connectivity index is 1.17. The van der Waals surface area contributed by atoms with E-state index in [9.17, 15) is 9.59 Å². The second-order valence-corrected chi connectivity index (χ2v) is 9.29. The lowest BCUT2D eigenvalue weighted by molar-refractivity contribution is 0.0601. The first-order valence-corrected chi connectivity index (χ1v) is 12.3. The highest BCUT2D eigenvalue weighted by Gasteiger charge is 2.23. The molecule has 5 rings (SSSR count). The highest BCUT2D eigenvalue weighted by molar-refractivity contribution is 5.95. The molecule has 3 heterocycles. The van der Waals surface area contributed by atoms with Crippen LogP contribution >= 0.6 is 0 Å². The fraction of sp³-hybridized carbons (Fsp3) is 0.357. The van der Waals surface area contributed by atoms with Gasteiger partial charge in [-0.15, -0.1) is 0 Å². The summed E-state index contributed by atoms with van der Waals surface area (Å²) in [6, 6.07) is 11.3. The van der Waals surface area contributed by atoms with E-state index >= 15 is 0 Å². The fourth-order valence-electron chi connectivity index (χ4n) is 5.25. The predicted octanol–water partition coefficient (Wildman–Crippen LogP) is 5.39. The number of H-pyrrole nitrogens is 2. The van der Waals surface area contributed by atoms with Gasteiger partial charge in [0.25, 0.3) is 0 Å². The maximum Gasteiger partial charge on any atom is 0.513 e. The minimum Gasteiger partial charge on any atom is -0.465 e. The van der Waals surface area contributed by atoms with E-state index < -0.39 is 6.16 Å². The fourth-order valence-corrected chi connectivity index (χ4v) is 5.25. The van der Waals surface area contributed by atoms with E-state index in [4.69, 9.17) is 9.47 Å². The maximum absolute atomic E-state index is 11.9. The average molecular weight is 490 g/mol. The van der Waals surface area contributed by atoms with Gasteiger partial charge in [0, 0.05) is 34.2 Å². The standard InChI is InChI=1S/C28H31N3O5/c1-34-27(32)19-5-7-25-22(14-19)20(16-29-25)4-3-11-31-12-9-18(10-13-31)24-17-30-26-8-6-21(15-23(24)26)36-28(33)35-2/h5-8,14-18,29-30H,3-4,9-13H2,1-2H3. The summed E-state index contributed by atoms with van der Waals surface area (Å²) < 4.78 is 14.7. The molecule has 188 valence electrons. The Morgan fingerprint density at radius 3 is 2.47 bits per heavy atom. The number of aryl methyl sites for hydroxylation is 1. The third-order valence-electron chi connectivity index (χ3n) is 7.19. The van der Waals surface area contributed by atoms with Gasteiger partial charge >= 0.3 is 12.1 Å². The van der Waals surface area contributed by atoms with Crippen molar-refractivity contribution in [1.29, 1.82) is 0 Å². The Labute approximate surface area is 209 Å². The number of likely N-dealkylation sites (tertiary alicyclic amines) is 1. The van der Waals surface area contributed by atoms with Gasteiger partial charge < -0.3 is 29.1 Å². The molecule has 1 saturated heterocycles. The molecule has 0 bridgehead atoms. The number of aromatic amines is 2. The van der Waals surface area contributed by atoms with Gasteiger partial charge in [-0.3, -0.25) is 0 Å². The number of benzene rings is 2. The minimum absolute atomic E-state index is 0.311. The first-order valence-electron chi connectivity index (χ1n) is 12.3. The van der Waals surface area contributed by atoms with E-state index in [1.807, 2.05) is 30.5 Å². The number of ether oxygens (including phenoxy) is 3. The van der Waals surface area contributed by atoms with Gasteiger partial charge in [0.2, 0.25) is 0 Å². The number of fused-ring (bicyclic) bond motifs is 2. The summed E-state index contributed by atoms with van der Waals surface area (Å²) in [5.41, 5.74) is 5.17. The van der Waals surface area contributed by atoms with Gasteiger partial charge in [0.1, 0.15) is 5.75 Å². The van der Waals surface area contributed by atoms with Crippen LogP contribution in [0, 0.1) is 0 Å². The zero-order chi connectivity index (χ0) is 25.1. The van der Waals surface area contributed by atoms with Crippen molar-refractivity contribution in [2.75, 3.05) is 33.9 Å². The molecule has 8 heteroatoms. The summed E-state index contributed by atoms with van der Waals surface area (Å²) in [5, 5.41) is 2.19. The van der Waals surface area contributed by atoms with Gasteiger partial charge in [0.05, 0.1) is 19.8 Å². The molecule has 4 aromatic rings. The van der Waals surface area contributed by atoms with Crippen LogP contribution in [0.25, 0.3) is 21.8 Å². The highest BCUT2D eigenvalue weighted by Crippen LogP contribution is 2.35. The maximum atomic E-state index is 11.9. The number of carbonyl (C=O) groups excluding carboxylic acids is 2. The quantitative estimate of drug-likeness (QED) is 0.267. The Bertz CT molecular complexity index is 1380. The molecule has 2 N–H and O–H groups in total. The summed E-state index contributed by atoms with van der Waals surface area (Å²) in [7, 11) is 2.71. The Hall–Kier alpha value is -3.78. The predicted molar refractivity (Wildman–Crippen MR) is 138 cm³/mol. The van der Waals surface area contributed by atoms with Crippen molar-refractivity contribution in [1.82, 2.24) is 14.9 Å². The van der Waals surface area contributed by atoms with E-state index in [0.717, 1.165) is 67.1 Å². The summed E-state index contributed by atoms with van der Waals surface area (Å²) in [6.45, 7) is 3.15. The molecule has 0 unspecified atom stereocenters. The van der Waals surface area contributed by atoms with Crippen molar-refractivity contribution in [2.24, 2.45) is 0 Å². The second-order valence-electron chi connectivity index (χ2n) is 9.29. The van der Waals surface area contributed by atoms with Crippen molar-refractivity contribution >= 4 is 33.9 Å². The number of rotatable bonds is 7. The lowest BCUT2D eigenvalue weighted by Crippen LogP contribution is -2.33. The molecule has 1 aliphatic rings. The van der Waals surface area contributed by atoms with Crippen LogP contribution in [-0.2, 0) is 15.9 Å². The van der Waals surface area contributed by atoms with E-state index in [1.165, 1.54) is 25.3 Å². The van der Waals surface area contributed by atoms with Gasteiger partial charge in [-0.1, -0.05) is 0 Å². The summed E-state index contributed by atoms with van der Waals surface area (Å²) in [5.74, 6) is 0.645. The first kappa shape index (κ1) is 23.9. The largest absolute Gasteiger partial charge is 0.513 e. The smallest absolute Gasteiger partial charge is 0.465 e. The van der Waals surface area contributed by atoms with Crippen LogP contribution in [-0.4, -0.2) is 60.8 Å². The third-order valence-corrected chi connectivity index (χ3v) is 7.19. The summed E-state index contributed by atoms with van der Waals surface area (Å²) in [6.07, 6.45) is 7.61. The zero-order valence-electron chi connectivity index (χ0n) is 20.6. The zero-order valence-corrected chi connectivity index (χ0v) is 20.6. The van der Waals surface area contributed by atoms with Gasteiger partial charge in [-0.2, -0.15) is 0 Å². The van der Waals surface area contributed by atoms with Crippen molar-refractivity contribution < 1.29 is 23.8 Å². The van der Waals surface area contributed by atoms with Crippen LogP contribution in [0.1, 0.15) is 46.7 Å². The van der Waals surface area contributed by atoms with Gasteiger partial charge in [-0.05, 0) is 98.8 Å². The van der Waals surface area contributed by atoms with Crippen molar-refractivity contribution in [2.45, 2.75) is 31.6 Å². The van der Waals surface area contributed by atoms with Crippen LogP contribution in [0.3, 0.4) is 0 Å². The van der Waals surface area contributed by atoms with Crippen molar-refractivity contribution in [3.8, 4) is 5.75 Å². The third kappa shape index (κ3) is 4.95. The number of methoxy groups -OCH3 is 2. The van der Waals surface area contributed by atoms with Crippen LogP contribution in [0.2, 0.25) is 0 Å². The number of piperidine rings is 1. The molecule has 0 saturated carbocycles. The number of hydrogen-bond acceptors (Lipinski definition) is 6. The lowest BCUT2D eigenvalue weighted by Gasteiger charge is -2.32. The molecular weight excluding hydrogens is 458 g/mol. The molecule has 2 aromatic heterocycles. The SMILES string of the molecule is COC(=O)Oc1ccc2[nH]cc(C3CCN(CCCc4c[nH]c5ccc(C(=O)OC)cc45)CC3)c2c1. The first-order chi connectivity index (χ1) is 17.6. The van der Waals surface area contributed by atoms with E-state index in [1.54, 1.807) is 12.1 Å². The summed E-state index contributed by atoms with van der Waals surface area (Å²) >= 11 is 0. The minimum atomic E-state index is -0.712.